The second-order valence-corrected chi connectivity index (χ2v) is 5.23. The molecule has 100 valence electrons. The van der Waals surface area contributed by atoms with Crippen molar-refractivity contribution in [3.63, 3.8) is 0 Å². The van der Waals surface area contributed by atoms with Crippen molar-refractivity contribution in [1.82, 2.24) is 10.2 Å². The third-order valence-corrected chi connectivity index (χ3v) is 3.52. The van der Waals surface area contributed by atoms with E-state index in [4.69, 9.17) is 18.0 Å². The summed E-state index contributed by atoms with van der Waals surface area (Å²) in [4.78, 5) is 14.6. The Morgan fingerprint density at radius 3 is 2.18 bits per heavy atom. The number of carbonyl (C=O) groups is 1. The molecular weight excluding hydrogens is 234 g/mol. The number of hydrogen-bond donors (Lipinski definition) is 2. The molecule has 0 radical (unpaired) electrons. The number of carbonyl (C=O) groups excluding carboxylic acids is 1. The molecule has 0 saturated heterocycles. The van der Waals surface area contributed by atoms with E-state index in [0.717, 1.165) is 6.54 Å². The minimum Gasteiger partial charge on any atom is -0.392 e. The van der Waals surface area contributed by atoms with Crippen molar-refractivity contribution >= 4 is 23.1 Å². The Morgan fingerprint density at radius 2 is 1.88 bits per heavy atom. The molecule has 0 aromatic rings. The van der Waals surface area contributed by atoms with Crippen molar-refractivity contribution < 1.29 is 4.79 Å². The van der Waals surface area contributed by atoms with Crippen LogP contribution in [0.4, 0.5) is 0 Å². The molecular formula is C12H25N3OS. The molecule has 0 fully saturated rings. The summed E-state index contributed by atoms with van der Waals surface area (Å²) in [6.07, 6.45) is 1.28. The van der Waals surface area contributed by atoms with E-state index < -0.39 is 5.41 Å². The van der Waals surface area contributed by atoms with Crippen LogP contribution < -0.4 is 11.1 Å². The van der Waals surface area contributed by atoms with Crippen LogP contribution >= 0.6 is 12.2 Å². The Balaban J connectivity index is 4.70. The molecule has 4 nitrogen and oxygen atoms in total. The van der Waals surface area contributed by atoms with Crippen molar-refractivity contribution in [3.8, 4) is 0 Å². The van der Waals surface area contributed by atoms with Gasteiger partial charge in [0.25, 0.3) is 0 Å². The molecule has 5 heteroatoms. The highest BCUT2D eigenvalue weighted by molar-refractivity contribution is 7.80. The van der Waals surface area contributed by atoms with Crippen molar-refractivity contribution in [1.29, 1.82) is 0 Å². The summed E-state index contributed by atoms with van der Waals surface area (Å²) in [5.74, 6) is -0.0515. The first-order chi connectivity index (χ1) is 7.80. The highest BCUT2D eigenvalue weighted by atomic mass is 32.1. The second kappa shape index (κ2) is 6.91. The van der Waals surface area contributed by atoms with Crippen LogP contribution in [-0.2, 0) is 4.79 Å². The molecule has 0 aromatic heterocycles. The van der Waals surface area contributed by atoms with Crippen LogP contribution in [0.25, 0.3) is 0 Å². The molecule has 0 saturated carbocycles. The lowest BCUT2D eigenvalue weighted by atomic mass is 9.81. The van der Waals surface area contributed by atoms with Gasteiger partial charge >= 0.3 is 0 Å². The third-order valence-electron chi connectivity index (χ3n) is 3.13. The zero-order valence-electron chi connectivity index (χ0n) is 11.5. The first kappa shape index (κ1) is 16.3. The number of likely N-dealkylation sites (N-methyl/N-ethyl adjacent to an activating group) is 1. The number of rotatable bonds is 7. The van der Waals surface area contributed by atoms with E-state index in [-0.39, 0.29) is 16.9 Å². The molecule has 0 aliphatic rings. The van der Waals surface area contributed by atoms with Gasteiger partial charge in [0, 0.05) is 12.6 Å². The van der Waals surface area contributed by atoms with Crippen LogP contribution in [0.3, 0.4) is 0 Å². The normalized spacial score (nSPS) is 13.5. The van der Waals surface area contributed by atoms with Crippen LogP contribution in [0.15, 0.2) is 0 Å². The molecule has 0 aliphatic carbocycles. The molecule has 0 rings (SSSR count). The summed E-state index contributed by atoms with van der Waals surface area (Å²) in [5, 5.41) is 2.99. The molecule has 0 spiro atoms. The SMILES string of the molecule is CCC(CC)(C(=O)NC(C)CN(C)C)C(N)=S. The van der Waals surface area contributed by atoms with E-state index in [1.54, 1.807) is 0 Å². The Morgan fingerprint density at radius 1 is 1.41 bits per heavy atom. The predicted molar refractivity (Wildman–Crippen MR) is 76.0 cm³/mol. The number of hydrogen-bond acceptors (Lipinski definition) is 3. The summed E-state index contributed by atoms with van der Waals surface area (Å²) in [7, 11) is 3.95. The number of nitrogens with two attached hydrogens (primary N) is 1. The zero-order chi connectivity index (χ0) is 13.6. The third kappa shape index (κ3) is 4.24. The standard InChI is InChI=1S/C12H25N3OS/c1-6-12(7-2,10(13)17)11(16)14-9(3)8-15(4)5/h9H,6-8H2,1-5H3,(H2,13,17)(H,14,16). The summed E-state index contributed by atoms with van der Waals surface area (Å²) in [6.45, 7) is 6.66. The predicted octanol–water partition coefficient (Wildman–Crippen LogP) is 1.15. The van der Waals surface area contributed by atoms with Crippen LogP contribution in [-0.4, -0.2) is 42.5 Å². The minimum atomic E-state index is -0.699. The smallest absolute Gasteiger partial charge is 0.233 e. The fraction of sp³-hybridized carbons (Fsp3) is 0.833. The fourth-order valence-electron chi connectivity index (χ4n) is 1.99. The van der Waals surface area contributed by atoms with E-state index in [0.29, 0.717) is 12.8 Å². The van der Waals surface area contributed by atoms with Crippen molar-refractivity contribution in [2.45, 2.75) is 39.7 Å². The Hall–Kier alpha value is -0.680. The summed E-state index contributed by atoms with van der Waals surface area (Å²) in [6, 6.07) is 0.0873. The average molecular weight is 259 g/mol. The second-order valence-electron chi connectivity index (χ2n) is 4.79. The van der Waals surface area contributed by atoms with E-state index in [1.165, 1.54) is 0 Å². The number of nitrogens with zero attached hydrogens (tertiary/aromatic N) is 1. The van der Waals surface area contributed by atoms with E-state index in [2.05, 4.69) is 5.32 Å². The molecule has 0 bridgehead atoms. The highest BCUT2D eigenvalue weighted by Gasteiger charge is 2.38. The monoisotopic (exact) mass is 259 g/mol. The number of amides is 1. The largest absolute Gasteiger partial charge is 0.392 e. The van der Waals surface area contributed by atoms with E-state index in [9.17, 15) is 4.79 Å². The van der Waals surface area contributed by atoms with Gasteiger partial charge in [0.1, 0.15) is 0 Å². The lowest BCUT2D eigenvalue weighted by Crippen LogP contribution is -2.52. The van der Waals surface area contributed by atoms with Crippen LogP contribution in [0.5, 0.6) is 0 Å². The van der Waals surface area contributed by atoms with Gasteiger partial charge in [-0.3, -0.25) is 4.79 Å². The van der Waals surface area contributed by atoms with E-state index in [1.807, 2.05) is 39.8 Å². The fourth-order valence-corrected chi connectivity index (χ4v) is 2.37. The highest BCUT2D eigenvalue weighted by Crippen LogP contribution is 2.27. The number of nitrogens with one attached hydrogen (secondary N) is 1. The summed E-state index contributed by atoms with van der Waals surface area (Å²) >= 11 is 5.05. The molecule has 0 heterocycles. The van der Waals surface area contributed by atoms with Gasteiger partial charge in [0.2, 0.25) is 5.91 Å². The summed E-state index contributed by atoms with van der Waals surface area (Å²) < 4.78 is 0. The first-order valence-corrected chi connectivity index (χ1v) is 6.46. The summed E-state index contributed by atoms with van der Waals surface area (Å²) in [5.41, 5.74) is 5.03. The topological polar surface area (TPSA) is 58.4 Å². The maximum Gasteiger partial charge on any atom is 0.233 e. The van der Waals surface area contributed by atoms with Crippen molar-refractivity contribution in [2.24, 2.45) is 11.1 Å². The Bertz CT molecular complexity index is 275. The maximum absolute atomic E-state index is 12.3. The molecule has 0 aromatic carbocycles. The Kier molecular flexibility index (Phi) is 6.64. The van der Waals surface area contributed by atoms with Crippen molar-refractivity contribution in [3.05, 3.63) is 0 Å². The van der Waals surface area contributed by atoms with Crippen LogP contribution in [0.1, 0.15) is 33.6 Å². The minimum absolute atomic E-state index is 0.0515. The Labute approximate surface area is 110 Å². The quantitative estimate of drug-likeness (QED) is 0.673. The lowest BCUT2D eigenvalue weighted by Gasteiger charge is -2.31. The molecule has 1 unspecified atom stereocenters. The van der Waals surface area contributed by atoms with Gasteiger partial charge in [-0.15, -0.1) is 0 Å². The van der Waals surface area contributed by atoms with Crippen LogP contribution in [0.2, 0.25) is 0 Å². The first-order valence-electron chi connectivity index (χ1n) is 6.05. The zero-order valence-corrected chi connectivity index (χ0v) is 12.4. The molecule has 17 heavy (non-hydrogen) atoms. The van der Waals surface area contributed by atoms with Gasteiger partial charge in [-0.1, -0.05) is 26.1 Å². The maximum atomic E-state index is 12.3. The van der Waals surface area contributed by atoms with E-state index >= 15 is 0 Å². The lowest BCUT2D eigenvalue weighted by molar-refractivity contribution is -0.128. The molecule has 0 aliphatic heterocycles. The molecule has 1 amide bonds. The average Bonchev–Trinajstić information content (AvgIpc) is 2.17. The van der Waals surface area contributed by atoms with Gasteiger partial charge in [-0.2, -0.15) is 0 Å². The van der Waals surface area contributed by atoms with Crippen LogP contribution in [0, 0.1) is 5.41 Å². The van der Waals surface area contributed by atoms with Gasteiger partial charge in [-0.25, -0.2) is 0 Å². The number of thiocarbonyl (C=S) groups is 1. The van der Waals surface area contributed by atoms with Gasteiger partial charge in [0.05, 0.1) is 10.4 Å². The van der Waals surface area contributed by atoms with Gasteiger partial charge in [0.15, 0.2) is 0 Å². The van der Waals surface area contributed by atoms with Gasteiger partial charge < -0.3 is 16.0 Å². The van der Waals surface area contributed by atoms with Crippen molar-refractivity contribution in [2.75, 3.05) is 20.6 Å². The molecule has 3 N–H and O–H groups in total. The molecule has 1 atom stereocenters. The van der Waals surface area contributed by atoms with Gasteiger partial charge in [-0.05, 0) is 33.9 Å².